The van der Waals surface area contributed by atoms with Crippen LogP contribution in [0.15, 0.2) is 24.3 Å². The minimum atomic E-state index is -0.219. The molecule has 1 aromatic rings. The first-order valence-electron chi connectivity index (χ1n) is 4.57. The van der Waals surface area contributed by atoms with E-state index in [-0.39, 0.29) is 17.7 Å². The molecule has 1 aromatic carbocycles. The maximum Gasteiger partial charge on any atom is 0.123 e. The monoisotopic (exact) mass is 211 g/mol. The third-order valence-corrected chi connectivity index (χ3v) is 2.97. The predicted molar refractivity (Wildman–Crippen MR) is 60.8 cm³/mol. The van der Waals surface area contributed by atoms with Gasteiger partial charge in [-0.25, -0.2) is 4.39 Å². The lowest BCUT2D eigenvalue weighted by atomic mass is 9.89. The van der Waals surface area contributed by atoms with Crippen molar-refractivity contribution in [2.24, 2.45) is 11.7 Å². The Morgan fingerprint density at radius 1 is 1.29 bits per heavy atom. The van der Waals surface area contributed by atoms with Crippen LogP contribution in [0.5, 0.6) is 0 Å². The molecule has 0 amide bonds. The third-order valence-electron chi connectivity index (χ3n) is 2.59. The molecular weight excluding hydrogens is 197 g/mol. The maximum absolute atomic E-state index is 12.7. The van der Waals surface area contributed by atoms with Gasteiger partial charge in [-0.1, -0.05) is 38.2 Å². The average Bonchev–Trinajstić information content (AvgIpc) is 2.16. The Labute approximate surface area is 89.1 Å². The van der Waals surface area contributed by atoms with Crippen LogP contribution in [-0.2, 0) is 0 Å². The highest BCUT2D eigenvalue weighted by molar-refractivity contribution is 7.80. The molecular formula is C11H14FNS. The van der Waals surface area contributed by atoms with Crippen molar-refractivity contribution in [1.29, 1.82) is 0 Å². The summed E-state index contributed by atoms with van der Waals surface area (Å²) in [6.45, 7) is 4.02. The summed E-state index contributed by atoms with van der Waals surface area (Å²) in [4.78, 5) is 0.502. The van der Waals surface area contributed by atoms with Crippen LogP contribution in [0.3, 0.4) is 0 Å². The molecule has 0 radical (unpaired) electrons. The van der Waals surface area contributed by atoms with Gasteiger partial charge in [0.1, 0.15) is 5.82 Å². The molecule has 1 rings (SSSR count). The highest BCUT2D eigenvalue weighted by Crippen LogP contribution is 2.24. The minimum absolute atomic E-state index is 0.135. The van der Waals surface area contributed by atoms with Crippen molar-refractivity contribution in [3.05, 3.63) is 35.6 Å². The van der Waals surface area contributed by atoms with Crippen molar-refractivity contribution in [2.75, 3.05) is 0 Å². The van der Waals surface area contributed by atoms with Gasteiger partial charge >= 0.3 is 0 Å². The minimum Gasteiger partial charge on any atom is -0.393 e. The first-order chi connectivity index (χ1) is 6.52. The van der Waals surface area contributed by atoms with Crippen LogP contribution in [0.4, 0.5) is 4.39 Å². The predicted octanol–water partition coefficient (Wildman–Crippen LogP) is 2.85. The van der Waals surface area contributed by atoms with E-state index in [0.717, 1.165) is 5.56 Å². The van der Waals surface area contributed by atoms with Gasteiger partial charge < -0.3 is 5.73 Å². The molecule has 2 N–H and O–H groups in total. The molecule has 0 spiro atoms. The summed E-state index contributed by atoms with van der Waals surface area (Å²) in [6.07, 6.45) is 0. The number of halogens is 1. The Morgan fingerprint density at radius 3 is 2.21 bits per heavy atom. The lowest BCUT2D eigenvalue weighted by molar-refractivity contribution is 0.611. The molecule has 1 nitrogen and oxygen atoms in total. The smallest absolute Gasteiger partial charge is 0.123 e. The fraction of sp³-hybridized carbons (Fsp3) is 0.364. The summed E-state index contributed by atoms with van der Waals surface area (Å²) in [5.74, 6) is 0.146. The fourth-order valence-corrected chi connectivity index (χ4v) is 1.51. The van der Waals surface area contributed by atoms with Crippen molar-refractivity contribution in [3.63, 3.8) is 0 Å². The zero-order chi connectivity index (χ0) is 10.7. The van der Waals surface area contributed by atoms with E-state index >= 15 is 0 Å². The van der Waals surface area contributed by atoms with Crippen LogP contribution < -0.4 is 5.73 Å². The molecule has 0 saturated carbocycles. The number of hydrogen-bond donors (Lipinski definition) is 1. The molecule has 2 atom stereocenters. The van der Waals surface area contributed by atoms with E-state index in [9.17, 15) is 4.39 Å². The van der Waals surface area contributed by atoms with Gasteiger partial charge in [0.15, 0.2) is 0 Å². The fourth-order valence-electron chi connectivity index (χ4n) is 1.30. The van der Waals surface area contributed by atoms with Gasteiger partial charge in [-0.15, -0.1) is 0 Å². The number of hydrogen-bond acceptors (Lipinski definition) is 1. The molecule has 2 unspecified atom stereocenters. The second kappa shape index (κ2) is 4.51. The van der Waals surface area contributed by atoms with Crippen LogP contribution in [-0.4, -0.2) is 4.99 Å². The zero-order valence-electron chi connectivity index (χ0n) is 8.33. The lowest BCUT2D eigenvalue weighted by Gasteiger charge is -2.18. The molecule has 0 aromatic heterocycles. The number of benzene rings is 1. The molecule has 0 heterocycles. The number of thiocarbonyl (C=S) groups is 1. The SMILES string of the molecule is CC(C(N)=S)C(C)c1ccc(F)cc1. The van der Waals surface area contributed by atoms with Crippen molar-refractivity contribution in [1.82, 2.24) is 0 Å². The summed E-state index contributed by atoms with van der Waals surface area (Å²) in [5.41, 5.74) is 6.62. The molecule has 0 aliphatic carbocycles. The summed E-state index contributed by atoms with van der Waals surface area (Å²) >= 11 is 4.92. The van der Waals surface area contributed by atoms with Crippen LogP contribution in [0.2, 0.25) is 0 Å². The van der Waals surface area contributed by atoms with Crippen LogP contribution >= 0.6 is 12.2 Å². The second-order valence-corrected chi connectivity index (χ2v) is 4.00. The van der Waals surface area contributed by atoms with Gasteiger partial charge in [-0.3, -0.25) is 0 Å². The quantitative estimate of drug-likeness (QED) is 0.778. The van der Waals surface area contributed by atoms with Crippen molar-refractivity contribution < 1.29 is 4.39 Å². The number of rotatable bonds is 3. The van der Waals surface area contributed by atoms with E-state index < -0.39 is 0 Å². The molecule has 0 fully saturated rings. The van der Waals surface area contributed by atoms with Gasteiger partial charge in [0.25, 0.3) is 0 Å². The Morgan fingerprint density at radius 2 is 1.79 bits per heavy atom. The molecule has 0 aliphatic rings. The highest BCUT2D eigenvalue weighted by atomic mass is 32.1. The van der Waals surface area contributed by atoms with E-state index in [1.807, 2.05) is 13.8 Å². The van der Waals surface area contributed by atoms with Crippen molar-refractivity contribution >= 4 is 17.2 Å². The van der Waals surface area contributed by atoms with Gasteiger partial charge in [0, 0.05) is 5.92 Å². The first-order valence-corrected chi connectivity index (χ1v) is 4.98. The van der Waals surface area contributed by atoms with Crippen molar-refractivity contribution in [2.45, 2.75) is 19.8 Å². The third kappa shape index (κ3) is 2.51. The second-order valence-electron chi connectivity index (χ2n) is 3.53. The first kappa shape index (κ1) is 11.1. The van der Waals surface area contributed by atoms with E-state index in [4.69, 9.17) is 18.0 Å². The van der Waals surface area contributed by atoms with E-state index in [2.05, 4.69) is 0 Å². The molecule has 0 saturated heterocycles. The number of nitrogens with two attached hydrogens (primary N) is 1. The average molecular weight is 211 g/mol. The topological polar surface area (TPSA) is 26.0 Å². The summed E-state index contributed by atoms with van der Waals surface area (Å²) in [5, 5.41) is 0. The molecule has 76 valence electrons. The molecule has 0 aliphatic heterocycles. The Balaban J connectivity index is 2.84. The molecule has 14 heavy (non-hydrogen) atoms. The van der Waals surface area contributed by atoms with E-state index in [1.54, 1.807) is 12.1 Å². The summed E-state index contributed by atoms with van der Waals surface area (Å²) in [7, 11) is 0. The van der Waals surface area contributed by atoms with E-state index in [0.29, 0.717) is 4.99 Å². The molecule has 3 heteroatoms. The Kier molecular flexibility index (Phi) is 3.58. The van der Waals surface area contributed by atoms with Gasteiger partial charge in [-0.2, -0.15) is 0 Å². The van der Waals surface area contributed by atoms with Gasteiger partial charge in [0.2, 0.25) is 0 Å². The Hall–Kier alpha value is -0.960. The van der Waals surface area contributed by atoms with Crippen molar-refractivity contribution in [3.8, 4) is 0 Å². The highest BCUT2D eigenvalue weighted by Gasteiger charge is 2.16. The zero-order valence-corrected chi connectivity index (χ0v) is 9.14. The largest absolute Gasteiger partial charge is 0.393 e. The van der Waals surface area contributed by atoms with E-state index in [1.165, 1.54) is 12.1 Å². The normalized spacial score (nSPS) is 14.8. The van der Waals surface area contributed by atoms with Crippen LogP contribution in [0.1, 0.15) is 25.3 Å². The standard InChI is InChI=1S/C11H14FNS/c1-7(8(2)11(13)14)9-3-5-10(12)6-4-9/h3-8H,1-2H3,(H2,13,14). The summed E-state index contributed by atoms with van der Waals surface area (Å²) < 4.78 is 12.7. The van der Waals surface area contributed by atoms with Gasteiger partial charge in [0.05, 0.1) is 4.99 Å². The van der Waals surface area contributed by atoms with Crippen LogP contribution in [0.25, 0.3) is 0 Å². The maximum atomic E-state index is 12.7. The lowest BCUT2D eigenvalue weighted by Crippen LogP contribution is -2.23. The Bertz CT molecular complexity index is 321. The summed E-state index contributed by atoms with van der Waals surface area (Å²) in [6, 6.07) is 6.46. The van der Waals surface area contributed by atoms with Crippen LogP contribution in [0, 0.1) is 11.7 Å². The molecule has 0 bridgehead atoms. The van der Waals surface area contributed by atoms with Gasteiger partial charge in [-0.05, 0) is 23.6 Å².